The fraction of sp³-hybridized carbons (Fsp3) is 0.938. The van der Waals surface area contributed by atoms with E-state index < -0.39 is 0 Å². The number of hydrogen-bond donors (Lipinski definition) is 1. The first-order valence-corrected chi connectivity index (χ1v) is 8.37. The van der Waals surface area contributed by atoms with Gasteiger partial charge in [0.05, 0.1) is 5.41 Å². The maximum absolute atomic E-state index is 12.9. The molecule has 0 aromatic heterocycles. The number of carbonyl (C=O) groups is 1. The molecule has 0 radical (unpaired) electrons. The van der Waals surface area contributed by atoms with Crippen molar-refractivity contribution in [1.82, 2.24) is 9.80 Å². The van der Waals surface area contributed by atoms with Gasteiger partial charge in [-0.15, -0.1) is 0 Å². The molecule has 1 amide bonds. The van der Waals surface area contributed by atoms with Crippen LogP contribution in [-0.2, 0) is 9.53 Å². The highest BCUT2D eigenvalue weighted by Crippen LogP contribution is 2.33. The van der Waals surface area contributed by atoms with Crippen LogP contribution < -0.4 is 5.73 Å². The van der Waals surface area contributed by atoms with Gasteiger partial charge in [0.1, 0.15) is 0 Å². The Labute approximate surface area is 128 Å². The van der Waals surface area contributed by atoms with E-state index in [1.807, 2.05) is 0 Å². The van der Waals surface area contributed by atoms with Crippen LogP contribution in [0, 0.1) is 11.3 Å². The van der Waals surface area contributed by atoms with E-state index in [0.29, 0.717) is 25.7 Å². The van der Waals surface area contributed by atoms with E-state index in [4.69, 9.17) is 10.5 Å². The van der Waals surface area contributed by atoms with Gasteiger partial charge in [0.2, 0.25) is 5.91 Å². The molecule has 5 nitrogen and oxygen atoms in total. The van der Waals surface area contributed by atoms with Crippen LogP contribution in [0.2, 0.25) is 0 Å². The average molecular weight is 297 g/mol. The van der Waals surface area contributed by atoms with Gasteiger partial charge in [0.25, 0.3) is 0 Å². The first-order valence-electron chi connectivity index (χ1n) is 8.37. The zero-order valence-electron chi connectivity index (χ0n) is 13.6. The Bertz CT molecular complexity index is 342. The minimum Gasteiger partial charge on any atom is -0.381 e. The lowest BCUT2D eigenvalue weighted by Gasteiger charge is -2.37. The predicted octanol–water partition coefficient (Wildman–Crippen LogP) is 0.932. The molecule has 1 atom stereocenters. The summed E-state index contributed by atoms with van der Waals surface area (Å²) in [5, 5.41) is 0. The van der Waals surface area contributed by atoms with Crippen LogP contribution in [0.5, 0.6) is 0 Å². The molecule has 122 valence electrons. The molecule has 0 aliphatic carbocycles. The minimum absolute atomic E-state index is 0.272. The van der Waals surface area contributed by atoms with Crippen LogP contribution >= 0.6 is 0 Å². The van der Waals surface area contributed by atoms with Crippen LogP contribution in [0.3, 0.4) is 0 Å². The Balaban J connectivity index is 1.89. The molecule has 2 heterocycles. The molecule has 1 unspecified atom stereocenters. The molecule has 21 heavy (non-hydrogen) atoms. The van der Waals surface area contributed by atoms with E-state index in [2.05, 4.69) is 23.8 Å². The van der Waals surface area contributed by atoms with Crippen LogP contribution in [0.4, 0.5) is 0 Å². The van der Waals surface area contributed by atoms with E-state index in [-0.39, 0.29) is 11.3 Å². The molecule has 2 saturated heterocycles. The molecule has 0 spiro atoms. The monoisotopic (exact) mass is 297 g/mol. The molecule has 2 N–H and O–H groups in total. The highest BCUT2D eigenvalue weighted by molar-refractivity contribution is 5.83. The molecule has 2 rings (SSSR count). The van der Waals surface area contributed by atoms with Crippen molar-refractivity contribution in [2.75, 3.05) is 53.0 Å². The van der Waals surface area contributed by atoms with Gasteiger partial charge < -0.3 is 20.3 Å². The lowest BCUT2D eigenvalue weighted by atomic mass is 9.79. The van der Waals surface area contributed by atoms with Crippen LogP contribution in [0.25, 0.3) is 0 Å². The molecule has 5 heteroatoms. The number of ether oxygens (including phenoxy) is 1. The lowest BCUT2D eigenvalue weighted by molar-refractivity contribution is -0.146. The minimum atomic E-state index is -0.359. The summed E-state index contributed by atoms with van der Waals surface area (Å²) in [5.74, 6) is 0.883. The maximum atomic E-state index is 12.9. The van der Waals surface area contributed by atoms with Crippen LogP contribution in [-0.4, -0.2) is 68.7 Å². The van der Waals surface area contributed by atoms with Crippen molar-refractivity contribution in [3.8, 4) is 0 Å². The Morgan fingerprint density at radius 3 is 2.76 bits per heavy atom. The quantitative estimate of drug-likeness (QED) is 0.792. The molecule has 0 aromatic rings. The second-order valence-electron chi connectivity index (χ2n) is 6.76. The molecular weight excluding hydrogens is 266 g/mol. The molecular formula is C16H31N3O2. The second kappa shape index (κ2) is 7.56. The van der Waals surface area contributed by atoms with Crippen LogP contribution in [0.15, 0.2) is 0 Å². The van der Waals surface area contributed by atoms with Crippen LogP contribution in [0.1, 0.15) is 32.6 Å². The Hall–Kier alpha value is -0.650. The van der Waals surface area contributed by atoms with Crippen molar-refractivity contribution in [3.05, 3.63) is 0 Å². The average Bonchev–Trinajstić information content (AvgIpc) is 2.95. The first-order chi connectivity index (χ1) is 10.1. The number of carbonyl (C=O) groups excluding carboxylic acids is 1. The van der Waals surface area contributed by atoms with Gasteiger partial charge in [-0.3, -0.25) is 4.79 Å². The van der Waals surface area contributed by atoms with E-state index in [1.54, 1.807) is 0 Å². The van der Waals surface area contributed by atoms with Crippen molar-refractivity contribution < 1.29 is 9.53 Å². The van der Waals surface area contributed by atoms with Gasteiger partial charge in [0.15, 0.2) is 0 Å². The van der Waals surface area contributed by atoms with E-state index >= 15 is 0 Å². The smallest absolute Gasteiger partial charge is 0.230 e. The number of rotatable bonds is 6. The first kappa shape index (κ1) is 16.7. The molecule has 2 aliphatic rings. The fourth-order valence-electron chi connectivity index (χ4n) is 3.68. The topological polar surface area (TPSA) is 58.8 Å². The fourth-order valence-corrected chi connectivity index (χ4v) is 3.68. The van der Waals surface area contributed by atoms with Crippen molar-refractivity contribution in [2.24, 2.45) is 17.1 Å². The zero-order valence-corrected chi connectivity index (χ0v) is 13.6. The van der Waals surface area contributed by atoms with Crippen molar-refractivity contribution >= 4 is 5.91 Å². The number of likely N-dealkylation sites (tertiary alicyclic amines) is 1. The Kier molecular flexibility index (Phi) is 6.02. The van der Waals surface area contributed by atoms with Gasteiger partial charge >= 0.3 is 0 Å². The predicted molar refractivity (Wildman–Crippen MR) is 84.0 cm³/mol. The van der Waals surface area contributed by atoms with E-state index in [9.17, 15) is 4.79 Å². The SMILES string of the molecule is CCCN(C)CC1CCN(C(=O)C2(CN)CCOCC2)C1. The number of nitrogens with two attached hydrogens (primary N) is 1. The van der Waals surface area contributed by atoms with Crippen molar-refractivity contribution in [2.45, 2.75) is 32.6 Å². The summed E-state index contributed by atoms with van der Waals surface area (Å²) < 4.78 is 5.41. The maximum Gasteiger partial charge on any atom is 0.230 e. The van der Waals surface area contributed by atoms with Crippen molar-refractivity contribution in [3.63, 3.8) is 0 Å². The number of nitrogens with zero attached hydrogens (tertiary/aromatic N) is 2. The molecule has 2 aliphatic heterocycles. The normalized spacial score (nSPS) is 25.5. The third-order valence-electron chi connectivity index (χ3n) is 5.04. The Morgan fingerprint density at radius 1 is 1.43 bits per heavy atom. The highest BCUT2D eigenvalue weighted by atomic mass is 16.5. The highest BCUT2D eigenvalue weighted by Gasteiger charge is 2.43. The standard InChI is InChI=1S/C16H31N3O2/c1-3-7-18(2)11-14-4-8-19(12-14)15(20)16(13-17)5-9-21-10-6-16/h14H,3-13,17H2,1-2H3. The summed E-state index contributed by atoms with van der Waals surface area (Å²) in [5.41, 5.74) is 5.59. The molecule has 2 fully saturated rings. The summed E-state index contributed by atoms with van der Waals surface area (Å²) >= 11 is 0. The third-order valence-corrected chi connectivity index (χ3v) is 5.04. The molecule has 0 bridgehead atoms. The van der Waals surface area contributed by atoms with E-state index in [0.717, 1.165) is 45.4 Å². The van der Waals surface area contributed by atoms with Gasteiger partial charge in [-0.2, -0.15) is 0 Å². The summed E-state index contributed by atoms with van der Waals surface area (Å²) in [6.45, 7) is 8.01. The number of hydrogen-bond acceptors (Lipinski definition) is 4. The largest absolute Gasteiger partial charge is 0.381 e. The van der Waals surface area contributed by atoms with Gasteiger partial charge in [0, 0.05) is 39.4 Å². The third kappa shape index (κ3) is 3.96. The summed E-state index contributed by atoms with van der Waals surface area (Å²) in [6.07, 6.45) is 3.86. The van der Waals surface area contributed by atoms with Gasteiger partial charge in [-0.05, 0) is 45.2 Å². The molecule has 0 saturated carbocycles. The lowest BCUT2D eigenvalue weighted by Crippen LogP contribution is -2.50. The number of amides is 1. The van der Waals surface area contributed by atoms with Gasteiger partial charge in [-0.25, -0.2) is 0 Å². The zero-order chi connectivity index (χ0) is 15.3. The van der Waals surface area contributed by atoms with E-state index in [1.165, 1.54) is 6.42 Å². The Morgan fingerprint density at radius 2 is 2.14 bits per heavy atom. The summed E-state index contributed by atoms with van der Waals surface area (Å²) in [4.78, 5) is 17.3. The molecule has 0 aromatic carbocycles. The van der Waals surface area contributed by atoms with Crippen molar-refractivity contribution in [1.29, 1.82) is 0 Å². The second-order valence-corrected chi connectivity index (χ2v) is 6.76. The van der Waals surface area contributed by atoms with Gasteiger partial charge in [-0.1, -0.05) is 6.92 Å². The summed E-state index contributed by atoms with van der Waals surface area (Å²) in [7, 11) is 2.17. The summed E-state index contributed by atoms with van der Waals surface area (Å²) in [6, 6.07) is 0.